The molecule has 3 heterocycles. The fourth-order valence-electron chi connectivity index (χ4n) is 3.22. The van der Waals surface area contributed by atoms with E-state index in [0.717, 1.165) is 48.5 Å². The first-order valence-electron chi connectivity index (χ1n) is 9.25. The highest BCUT2D eigenvalue weighted by atomic mass is 32.1. The number of imidazole rings is 1. The maximum absolute atomic E-state index is 8.90. The third-order valence-electron chi connectivity index (χ3n) is 4.93. The van der Waals surface area contributed by atoms with Crippen molar-refractivity contribution >= 4 is 21.4 Å². The highest BCUT2D eigenvalue weighted by molar-refractivity contribution is 7.20. The van der Waals surface area contributed by atoms with Crippen LogP contribution >= 0.6 is 11.3 Å². The summed E-state index contributed by atoms with van der Waals surface area (Å²) >= 11 is 1.67. The number of hydrogen-bond acceptors (Lipinski definition) is 6. The van der Waals surface area contributed by atoms with Crippen LogP contribution in [-0.2, 0) is 12.0 Å². The molecule has 1 aliphatic rings. The van der Waals surface area contributed by atoms with Gasteiger partial charge < -0.3 is 4.90 Å². The summed E-state index contributed by atoms with van der Waals surface area (Å²) in [6, 6.07) is 10.1. The molecule has 0 spiro atoms. The van der Waals surface area contributed by atoms with E-state index >= 15 is 0 Å². The molecule has 4 rings (SSSR count). The number of benzene rings is 1. The second-order valence-corrected chi connectivity index (χ2v) is 8.99. The molecule has 1 fully saturated rings. The van der Waals surface area contributed by atoms with Crippen LogP contribution in [0.25, 0.3) is 4.96 Å². The maximum Gasteiger partial charge on any atom is 0.214 e. The predicted octanol–water partition coefficient (Wildman–Crippen LogP) is 3.28. The van der Waals surface area contributed by atoms with Crippen LogP contribution in [0, 0.1) is 11.3 Å². The molecule has 1 aromatic carbocycles. The summed E-state index contributed by atoms with van der Waals surface area (Å²) in [5.74, 6) is 0. The molecule has 0 saturated carbocycles. The van der Waals surface area contributed by atoms with Gasteiger partial charge in [-0.1, -0.05) is 44.2 Å². The van der Waals surface area contributed by atoms with Gasteiger partial charge in [-0.05, 0) is 17.7 Å². The molecule has 140 valence electrons. The lowest BCUT2D eigenvalue weighted by atomic mass is 9.93. The van der Waals surface area contributed by atoms with E-state index in [2.05, 4.69) is 42.8 Å². The zero-order chi connectivity index (χ0) is 19.0. The third-order valence-corrected chi connectivity index (χ3v) is 5.92. The fourth-order valence-corrected chi connectivity index (χ4v) is 4.15. The Morgan fingerprint density at radius 3 is 2.41 bits per heavy atom. The van der Waals surface area contributed by atoms with Crippen LogP contribution in [0.2, 0.25) is 0 Å². The monoisotopic (exact) mass is 380 g/mol. The van der Waals surface area contributed by atoms with Gasteiger partial charge in [-0.15, -0.1) is 5.10 Å². The number of nitrogens with zero attached hydrogens (tertiary/aromatic N) is 6. The van der Waals surface area contributed by atoms with Crippen molar-refractivity contribution in [3.8, 4) is 6.07 Å². The molecule has 0 atom stereocenters. The topological polar surface area (TPSA) is 60.5 Å². The quantitative estimate of drug-likeness (QED) is 0.698. The fraction of sp³-hybridized carbons (Fsp3) is 0.450. The van der Waals surface area contributed by atoms with Gasteiger partial charge in [0, 0.05) is 38.1 Å². The van der Waals surface area contributed by atoms with E-state index in [1.807, 2.05) is 28.8 Å². The molecule has 3 aromatic rings. The smallest absolute Gasteiger partial charge is 0.214 e. The van der Waals surface area contributed by atoms with Crippen LogP contribution < -0.4 is 4.90 Å². The summed E-state index contributed by atoms with van der Waals surface area (Å²) in [4.78, 5) is 10.5. The zero-order valence-electron chi connectivity index (χ0n) is 16.0. The van der Waals surface area contributed by atoms with E-state index in [0.29, 0.717) is 5.56 Å². The molecule has 27 heavy (non-hydrogen) atoms. The molecule has 1 saturated heterocycles. The van der Waals surface area contributed by atoms with Crippen LogP contribution in [0.5, 0.6) is 0 Å². The lowest BCUT2D eigenvalue weighted by molar-refractivity contribution is 0.249. The standard InChI is InChI=1S/C20H24N6S/c1-20(2,3)17-14-26-18(22-17)27-19(23-26)25-10-8-24(9-11-25)13-16-6-4-15(12-21)5-7-16/h4-7,14H,8-11,13H2,1-3H3. The van der Waals surface area contributed by atoms with Crippen LogP contribution in [-0.4, -0.2) is 45.7 Å². The van der Waals surface area contributed by atoms with E-state index < -0.39 is 0 Å². The normalized spacial score (nSPS) is 16.0. The van der Waals surface area contributed by atoms with Gasteiger partial charge in [0.05, 0.1) is 23.5 Å². The minimum atomic E-state index is 0.0463. The van der Waals surface area contributed by atoms with Gasteiger partial charge in [-0.25, -0.2) is 9.50 Å². The van der Waals surface area contributed by atoms with E-state index in [1.54, 1.807) is 11.3 Å². The van der Waals surface area contributed by atoms with Crippen molar-refractivity contribution in [1.82, 2.24) is 19.5 Å². The molecule has 6 nitrogen and oxygen atoms in total. The van der Waals surface area contributed by atoms with Gasteiger partial charge >= 0.3 is 0 Å². The molecule has 7 heteroatoms. The molecule has 0 bridgehead atoms. The summed E-state index contributed by atoms with van der Waals surface area (Å²) in [5.41, 5.74) is 3.10. The Bertz CT molecular complexity index is 933. The largest absolute Gasteiger partial charge is 0.344 e. The average Bonchev–Trinajstić information content (AvgIpc) is 3.22. The van der Waals surface area contributed by atoms with Crippen molar-refractivity contribution in [3.63, 3.8) is 0 Å². The molecular weight excluding hydrogens is 356 g/mol. The Morgan fingerprint density at radius 2 is 1.81 bits per heavy atom. The molecule has 1 aliphatic heterocycles. The predicted molar refractivity (Wildman–Crippen MR) is 108 cm³/mol. The van der Waals surface area contributed by atoms with Crippen LogP contribution in [0.4, 0.5) is 5.13 Å². The third kappa shape index (κ3) is 3.82. The minimum Gasteiger partial charge on any atom is -0.344 e. The van der Waals surface area contributed by atoms with Crippen LogP contribution in [0.15, 0.2) is 30.5 Å². The number of nitriles is 1. The van der Waals surface area contributed by atoms with E-state index in [-0.39, 0.29) is 5.41 Å². The van der Waals surface area contributed by atoms with Crippen LogP contribution in [0.1, 0.15) is 37.6 Å². The average molecular weight is 381 g/mol. The van der Waals surface area contributed by atoms with Gasteiger partial charge in [0.15, 0.2) is 0 Å². The van der Waals surface area contributed by atoms with Gasteiger partial charge in [-0.3, -0.25) is 4.90 Å². The summed E-state index contributed by atoms with van der Waals surface area (Å²) in [7, 11) is 0. The van der Waals surface area contributed by atoms with Gasteiger partial charge in [0.1, 0.15) is 0 Å². The first-order valence-corrected chi connectivity index (χ1v) is 10.1. The van der Waals surface area contributed by atoms with Crippen molar-refractivity contribution < 1.29 is 0 Å². The van der Waals surface area contributed by atoms with E-state index in [9.17, 15) is 0 Å². The number of aromatic nitrogens is 3. The lowest BCUT2D eigenvalue weighted by Gasteiger charge is -2.34. The summed E-state index contributed by atoms with van der Waals surface area (Å²) < 4.78 is 1.92. The van der Waals surface area contributed by atoms with Gasteiger partial charge in [-0.2, -0.15) is 5.26 Å². The van der Waals surface area contributed by atoms with Crippen molar-refractivity contribution in [2.75, 3.05) is 31.1 Å². The number of piperazine rings is 1. The van der Waals surface area contributed by atoms with Crippen molar-refractivity contribution in [2.45, 2.75) is 32.7 Å². The van der Waals surface area contributed by atoms with Crippen LogP contribution in [0.3, 0.4) is 0 Å². The second kappa shape index (κ2) is 6.95. The maximum atomic E-state index is 8.90. The first-order chi connectivity index (χ1) is 12.9. The van der Waals surface area contributed by atoms with Crippen molar-refractivity contribution in [2.24, 2.45) is 0 Å². The van der Waals surface area contributed by atoms with Gasteiger partial charge in [0.25, 0.3) is 0 Å². The highest BCUT2D eigenvalue weighted by Crippen LogP contribution is 2.28. The lowest BCUT2D eigenvalue weighted by Crippen LogP contribution is -2.46. The Kier molecular flexibility index (Phi) is 4.62. The second-order valence-electron chi connectivity index (χ2n) is 8.06. The number of hydrogen-bond donors (Lipinski definition) is 0. The molecule has 2 aromatic heterocycles. The summed E-state index contributed by atoms with van der Waals surface area (Å²) in [6.07, 6.45) is 2.05. The highest BCUT2D eigenvalue weighted by Gasteiger charge is 2.23. The Morgan fingerprint density at radius 1 is 1.11 bits per heavy atom. The Balaban J connectivity index is 1.38. The molecule has 0 N–H and O–H groups in total. The van der Waals surface area contributed by atoms with Gasteiger partial charge in [0.2, 0.25) is 10.1 Å². The molecule has 0 amide bonds. The Hall–Kier alpha value is -2.43. The Labute approximate surface area is 163 Å². The molecule has 0 radical (unpaired) electrons. The van der Waals surface area contributed by atoms with E-state index in [4.69, 9.17) is 15.3 Å². The molecular formula is C20H24N6S. The van der Waals surface area contributed by atoms with Crippen molar-refractivity contribution in [1.29, 1.82) is 5.26 Å². The number of fused-ring (bicyclic) bond motifs is 1. The summed E-state index contributed by atoms with van der Waals surface area (Å²) in [6.45, 7) is 11.4. The molecule has 0 aliphatic carbocycles. The first kappa shape index (κ1) is 18.0. The van der Waals surface area contributed by atoms with E-state index in [1.165, 1.54) is 5.56 Å². The number of rotatable bonds is 3. The molecule has 0 unspecified atom stereocenters. The zero-order valence-corrected chi connectivity index (χ0v) is 16.8. The van der Waals surface area contributed by atoms with Crippen molar-refractivity contribution in [3.05, 3.63) is 47.3 Å². The SMILES string of the molecule is CC(C)(C)c1cn2nc(N3CCN(Cc4ccc(C#N)cc4)CC3)sc2n1. The number of anilines is 1. The minimum absolute atomic E-state index is 0.0463. The summed E-state index contributed by atoms with van der Waals surface area (Å²) in [5, 5.41) is 14.7.